The number of nitrogens with zero attached hydrogens (tertiary/aromatic N) is 5. The molecule has 0 spiro atoms. The Morgan fingerprint density at radius 3 is 2.09 bits per heavy atom. The first kappa shape index (κ1) is 49.0. The van der Waals surface area contributed by atoms with Gasteiger partial charge in [0.15, 0.2) is 16.6 Å². The lowest BCUT2D eigenvalue weighted by molar-refractivity contribution is -0.602. The Bertz CT molecular complexity index is 2630. The van der Waals surface area contributed by atoms with E-state index >= 15 is 0 Å². The zero-order valence-electron chi connectivity index (χ0n) is 38.3. The van der Waals surface area contributed by atoms with Gasteiger partial charge in [0.2, 0.25) is 23.1 Å². The van der Waals surface area contributed by atoms with Gasteiger partial charge in [0, 0.05) is 30.6 Å². The Morgan fingerprint density at radius 2 is 1.46 bits per heavy atom. The van der Waals surface area contributed by atoms with E-state index in [1.54, 1.807) is 47.6 Å². The van der Waals surface area contributed by atoms with E-state index in [1.807, 2.05) is 60.7 Å². The molecule has 0 unspecified atom stereocenters. The molecular weight excluding hydrogens is 885 g/mol. The Balaban J connectivity index is 1.15. The highest BCUT2D eigenvalue weighted by Gasteiger charge is 2.42. The third-order valence-corrected chi connectivity index (χ3v) is 10.2. The second-order valence-electron chi connectivity index (χ2n) is 17.8. The van der Waals surface area contributed by atoms with Crippen LogP contribution in [-0.4, -0.2) is 79.7 Å². The molecule has 3 amide bonds. The van der Waals surface area contributed by atoms with Crippen LogP contribution in [-0.2, 0) is 41.9 Å². The molecule has 19 nitrogen and oxygen atoms in total. The monoisotopic (exact) mass is 936 g/mol. The maximum absolute atomic E-state index is 14.0. The minimum Gasteiger partial charge on any atom is -0.615 e. The molecular formula is C47H52N8O11S. The molecule has 0 radical (unpaired) electrons. The minimum absolute atomic E-state index is 0.00572. The maximum atomic E-state index is 14.0. The molecule has 3 N–H and O–H groups in total. The van der Waals surface area contributed by atoms with Crippen LogP contribution in [0, 0.1) is 11.1 Å². The molecule has 20 heteroatoms. The van der Waals surface area contributed by atoms with Crippen molar-refractivity contribution in [1.82, 2.24) is 25.6 Å². The second kappa shape index (κ2) is 20.8. The van der Waals surface area contributed by atoms with Crippen molar-refractivity contribution < 1.29 is 52.5 Å². The van der Waals surface area contributed by atoms with Gasteiger partial charge in [-0.15, -0.1) is 16.1 Å². The summed E-state index contributed by atoms with van der Waals surface area (Å²) >= 11 is 0.979. The van der Waals surface area contributed by atoms with Crippen LogP contribution in [0.2, 0.25) is 0 Å². The summed E-state index contributed by atoms with van der Waals surface area (Å²) in [5.74, 6) is -3.48. The zero-order valence-corrected chi connectivity index (χ0v) is 39.1. The van der Waals surface area contributed by atoms with Crippen LogP contribution in [0.3, 0.4) is 0 Å². The van der Waals surface area contributed by atoms with E-state index in [1.165, 1.54) is 37.6 Å². The Labute approximate surface area is 390 Å². The smallest absolute Gasteiger partial charge is 0.423 e. The van der Waals surface area contributed by atoms with E-state index in [-0.39, 0.29) is 65.1 Å². The molecule has 4 heterocycles. The summed E-state index contributed by atoms with van der Waals surface area (Å²) in [5.41, 5.74) is -2.03. The van der Waals surface area contributed by atoms with Crippen molar-refractivity contribution in [3.63, 3.8) is 0 Å². The van der Waals surface area contributed by atoms with E-state index in [2.05, 4.69) is 36.1 Å². The lowest BCUT2D eigenvalue weighted by Crippen LogP contribution is -2.63. The van der Waals surface area contributed by atoms with Crippen molar-refractivity contribution in [2.24, 2.45) is 11.1 Å². The normalized spacial score (nSPS) is 15.0. The molecule has 0 saturated carbocycles. The first-order chi connectivity index (χ1) is 31.7. The van der Waals surface area contributed by atoms with E-state index in [4.69, 9.17) is 23.8 Å². The van der Waals surface area contributed by atoms with Gasteiger partial charge in [0.05, 0.1) is 12.0 Å². The number of anilines is 1. The van der Waals surface area contributed by atoms with Gasteiger partial charge in [0.25, 0.3) is 11.6 Å². The van der Waals surface area contributed by atoms with Crippen molar-refractivity contribution in [2.75, 3.05) is 11.9 Å². The predicted octanol–water partition coefficient (Wildman–Crippen LogP) is 6.08. The molecule has 2 aromatic carbocycles. The number of ether oxygens (including phenoxy) is 4. The van der Waals surface area contributed by atoms with Gasteiger partial charge >= 0.3 is 17.9 Å². The highest BCUT2D eigenvalue weighted by Crippen LogP contribution is 2.29. The lowest BCUT2D eigenvalue weighted by Gasteiger charge is -2.36. The number of amides is 3. The number of Topliss-reactive ketones (excluding diaryl/α,β-unsaturated/α-hetero) is 1. The van der Waals surface area contributed by atoms with Crippen molar-refractivity contribution >= 4 is 51.8 Å². The Kier molecular flexibility index (Phi) is 15.2. The number of thiazole rings is 1. The summed E-state index contributed by atoms with van der Waals surface area (Å²) < 4.78 is 23.3. The van der Waals surface area contributed by atoms with Gasteiger partial charge in [-0.2, -0.15) is 0 Å². The number of carbonyl (C=O) groups excluding carboxylic acids is 5. The lowest BCUT2D eigenvalue weighted by atomic mass is 9.84. The third-order valence-electron chi connectivity index (χ3n) is 9.49. The number of hydrogen-bond acceptors (Lipinski definition) is 16. The van der Waals surface area contributed by atoms with Gasteiger partial charge in [-0.25, -0.2) is 24.5 Å². The van der Waals surface area contributed by atoms with Crippen LogP contribution in [0.4, 0.5) is 9.93 Å². The molecule has 1 saturated heterocycles. The molecule has 3 aromatic heterocycles. The van der Waals surface area contributed by atoms with E-state index in [9.17, 15) is 29.2 Å². The molecule has 352 valence electrons. The van der Waals surface area contributed by atoms with E-state index in [0.717, 1.165) is 22.5 Å². The third kappa shape index (κ3) is 13.5. The quantitative estimate of drug-likeness (QED) is 0.0225. The van der Waals surface area contributed by atoms with Crippen LogP contribution >= 0.6 is 11.3 Å². The zero-order chi connectivity index (χ0) is 48.5. The van der Waals surface area contributed by atoms with Crippen LogP contribution in [0.15, 0.2) is 95.6 Å². The molecule has 1 fully saturated rings. The number of oxime groups is 1. The molecule has 0 aliphatic carbocycles. The van der Waals surface area contributed by atoms with Gasteiger partial charge in [-0.3, -0.25) is 19.7 Å². The SMILES string of the molecule is CC(C)(C)OC(=O)Nc1nc(/C(=N/OC(C)(C)C(=O)OC(C)(C)C)C(=O)C[C@@H]2C(=O)N[C@@H]2CNC(=O)c2ccnc(-c3ccc(OCc4ccccc4)c(OCc4ccccc4)[n+]3[O-])n2)cs1. The van der Waals surface area contributed by atoms with E-state index in [0.29, 0.717) is 4.73 Å². The van der Waals surface area contributed by atoms with Crippen LogP contribution in [0.5, 0.6) is 11.6 Å². The van der Waals surface area contributed by atoms with Gasteiger partial charge in [-0.05, 0) is 78.6 Å². The van der Waals surface area contributed by atoms with Crippen LogP contribution < -0.4 is 30.2 Å². The summed E-state index contributed by atoms with van der Waals surface area (Å²) in [6, 6.07) is 22.4. The number of pyridine rings is 1. The molecule has 6 rings (SSSR count). The van der Waals surface area contributed by atoms with Crippen LogP contribution in [0.25, 0.3) is 11.5 Å². The average molecular weight is 937 g/mol. The number of nitrogens with one attached hydrogen (secondary N) is 3. The number of aromatic nitrogens is 4. The highest BCUT2D eigenvalue weighted by molar-refractivity contribution is 7.14. The summed E-state index contributed by atoms with van der Waals surface area (Å²) in [4.78, 5) is 84.4. The van der Waals surface area contributed by atoms with Gasteiger partial charge in [-0.1, -0.05) is 65.8 Å². The molecule has 1 aliphatic rings. The number of ketones is 1. The summed E-state index contributed by atoms with van der Waals surface area (Å²) in [7, 11) is 0. The molecule has 1 aliphatic heterocycles. The molecule has 2 atom stereocenters. The number of esters is 1. The van der Waals surface area contributed by atoms with Crippen molar-refractivity contribution in [1.29, 1.82) is 0 Å². The molecule has 67 heavy (non-hydrogen) atoms. The molecule has 5 aromatic rings. The number of rotatable bonds is 18. The second-order valence-corrected chi connectivity index (χ2v) is 18.6. The number of β-lactam (4-membered cyclic amide) rings is 1. The highest BCUT2D eigenvalue weighted by atomic mass is 32.1. The Morgan fingerprint density at radius 1 is 0.821 bits per heavy atom. The first-order valence-electron chi connectivity index (χ1n) is 21.2. The van der Waals surface area contributed by atoms with Gasteiger partial charge < -0.3 is 39.6 Å². The average Bonchev–Trinajstić information content (AvgIpc) is 3.72. The number of benzene rings is 2. The van der Waals surface area contributed by atoms with Crippen molar-refractivity contribution in [3.8, 4) is 23.1 Å². The van der Waals surface area contributed by atoms with E-state index < -0.39 is 64.8 Å². The standard InChI is InChI=1S/C47H52N8O11S/c1-45(2,3)64-42(59)47(7,8)66-54-37(33-27-67-43(52-33)53-44(60)65-46(4,5)6)35(56)23-30-32(51-39(30)57)24-49-40(58)31-21-22-48-38(50-31)34-19-20-36(62-25-28-15-11-9-12-16-28)41(55(34)61)63-26-29-17-13-10-14-18-29/h9-22,27,30,32H,23-26H2,1-8H3,(H,49,58)(H,51,57)(H,52,53,60)/b54-37-/t30-,32+/m0/s1. The summed E-state index contributed by atoms with van der Waals surface area (Å²) in [6.45, 7) is 13.1. The fourth-order valence-electron chi connectivity index (χ4n) is 6.14. The maximum Gasteiger partial charge on any atom is 0.423 e. The molecule has 0 bridgehead atoms. The predicted molar refractivity (Wildman–Crippen MR) is 245 cm³/mol. The largest absolute Gasteiger partial charge is 0.615 e. The Hall–Kier alpha value is -7.48. The number of hydrogen-bond donors (Lipinski definition) is 3. The van der Waals surface area contributed by atoms with Crippen molar-refractivity contribution in [2.45, 2.75) is 97.9 Å². The van der Waals surface area contributed by atoms with Gasteiger partial charge in [0.1, 0.15) is 35.8 Å². The van der Waals surface area contributed by atoms with Crippen molar-refractivity contribution in [3.05, 3.63) is 118 Å². The first-order valence-corrected chi connectivity index (χ1v) is 22.0. The topological polar surface area (TPSA) is 246 Å². The minimum atomic E-state index is -1.65. The van der Waals surface area contributed by atoms with Crippen LogP contribution in [0.1, 0.15) is 89.1 Å². The summed E-state index contributed by atoms with van der Waals surface area (Å²) in [5, 5.41) is 27.4. The fraction of sp³-hybridized carbons (Fsp3) is 0.362. The number of carbonyl (C=O) groups is 5. The summed E-state index contributed by atoms with van der Waals surface area (Å²) in [6.07, 6.45) is 0.156. The fourth-order valence-corrected chi connectivity index (χ4v) is 6.82.